The van der Waals surface area contributed by atoms with Crippen LogP contribution in [-0.4, -0.2) is 48.7 Å². The Morgan fingerprint density at radius 3 is 2.67 bits per heavy atom. The molecule has 4 heteroatoms. The highest BCUT2D eigenvalue weighted by atomic mass is 16.5. The van der Waals surface area contributed by atoms with Gasteiger partial charge >= 0.3 is 0 Å². The van der Waals surface area contributed by atoms with Crippen LogP contribution in [0.3, 0.4) is 0 Å². The van der Waals surface area contributed by atoms with E-state index in [1.54, 1.807) is 0 Å². The number of hydrogen-bond acceptors (Lipinski definition) is 3. The summed E-state index contributed by atoms with van der Waals surface area (Å²) in [6.07, 6.45) is 3.90. The third-order valence-corrected chi connectivity index (χ3v) is 5.22. The highest BCUT2D eigenvalue weighted by Crippen LogP contribution is 2.36. The Morgan fingerprint density at radius 2 is 1.90 bits per heavy atom. The number of piperidine rings is 1. The first-order chi connectivity index (χ1) is 10.3. The number of hydrogen-bond donors (Lipinski definition) is 0. The van der Waals surface area contributed by atoms with Crippen LogP contribution in [0.15, 0.2) is 30.3 Å². The van der Waals surface area contributed by atoms with E-state index in [0.29, 0.717) is 24.5 Å². The van der Waals surface area contributed by atoms with E-state index in [-0.39, 0.29) is 5.91 Å². The number of amides is 1. The molecule has 4 nitrogen and oxygen atoms in total. The average molecular weight is 286 g/mol. The zero-order valence-electron chi connectivity index (χ0n) is 12.3. The maximum absolute atomic E-state index is 12.4. The molecular formula is C17H22N2O2. The molecule has 1 aromatic rings. The minimum atomic E-state index is 0.284. The zero-order chi connectivity index (χ0) is 14.2. The molecule has 0 bridgehead atoms. The summed E-state index contributed by atoms with van der Waals surface area (Å²) in [6.45, 7) is 2.85. The van der Waals surface area contributed by atoms with Gasteiger partial charge in [-0.3, -0.25) is 9.69 Å². The van der Waals surface area contributed by atoms with Crippen LogP contribution >= 0.6 is 0 Å². The van der Waals surface area contributed by atoms with Crippen molar-refractivity contribution in [1.29, 1.82) is 0 Å². The maximum atomic E-state index is 12.4. The fourth-order valence-corrected chi connectivity index (χ4v) is 4.26. The van der Waals surface area contributed by atoms with Crippen molar-refractivity contribution in [3.63, 3.8) is 0 Å². The number of anilines is 1. The minimum absolute atomic E-state index is 0.284. The molecule has 3 aliphatic rings. The van der Waals surface area contributed by atoms with Crippen molar-refractivity contribution >= 4 is 11.6 Å². The Bertz CT molecular complexity index is 513. The first-order valence-corrected chi connectivity index (χ1v) is 8.05. The van der Waals surface area contributed by atoms with Gasteiger partial charge in [0.25, 0.3) is 0 Å². The number of benzene rings is 1. The van der Waals surface area contributed by atoms with E-state index in [9.17, 15) is 4.79 Å². The molecule has 0 aromatic heterocycles. The van der Waals surface area contributed by atoms with Crippen LogP contribution in [-0.2, 0) is 9.53 Å². The minimum Gasteiger partial charge on any atom is -0.380 e. The Labute approximate surface area is 125 Å². The van der Waals surface area contributed by atoms with E-state index in [1.807, 2.05) is 18.2 Å². The summed E-state index contributed by atoms with van der Waals surface area (Å²) in [5.74, 6) is 0.284. The quantitative estimate of drug-likeness (QED) is 0.834. The summed E-state index contributed by atoms with van der Waals surface area (Å²) in [4.78, 5) is 17.1. The summed E-state index contributed by atoms with van der Waals surface area (Å²) in [6, 6.07) is 11.6. The smallest absolute Gasteiger partial charge is 0.227 e. The number of rotatable bonds is 2. The van der Waals surface area contributed by atoms with Gasteiger partial charge in [0.05, 0.1) is 12.6 Å². The fourth-order valence-electron chi connectivity index (χ4n) is 4.26. The van der Waals surface area contributed by atoms with E-state index in [2.05, 4.69) is 21.9 Å². The number of ether oxygens (including phenoxy) is 1. The summed E-state index contributed by atoms with van der Waals surface area (Å²) in [5, 5.41) is 0. The van der Waals surface area contributed by atoms with Gasteiger partial charge in [0.15, 0.2) is 0 Å². The van der Waals surface area contributed by atoms with Gasteiger partial charge in [-0.2, -0.15) is 0 Å². The normalized spacial score (nSPS) is 33.4. The number of para-hydroxylation sites is 1. The summed E-state index contributed by atoms with van der Waals surface area (Å²) >= 11 is 0. The molecule has 0 radical (unpaired) electrons. The van der Waals surface area contributed by atoms with Gasteiger partial charge in [-0.1, -0.05) is 18.2 Å². The molecule has 3 saturated heterocycles. The second-order valence-corrected chi connectivity index (χ2v) is 6.32. The maximum Gasteiger partial charge on any atom is 0.227 e. The molecule has 3 fully saturated rings. The molecule has 4 rings (SSSR count). The van der Waals surface area contributed by atoms with Gasteiger partial charge < -0.3 is 9.64 Å². The van der Waals surface area contributed by atoms with Crippen molar-refractivity contribution in [3.8, 4) is 0 Å². The largest absolute Gasteiger partial charge is 0.380 e. The lowest BCUT2D eigenvalue weighted by Crippen LogP contribution is -2.54. The number of nitrogens with zero attached hydrogens (tertiary/aromatic N) is 2. The van der Waals surface area contributed by atoms with Gasteiger partial charge in [0.1, 0.15) is 0 Å². The predicted octanol–water partition coefficient (Wildman–Crippen LogP) is 2.05. The lowest BCUT2D eigenvalue weighted by atomic mass is 9.95. The topological polar surface area (TPSA) is 32.8 Å². The van der Waals surface area contributed by atoms with Crippen molar-refractivity contribution in [2.24, 2.45) is 0 Å². The van der Waals surface area contributed by atoms with Gasteiger partial charge in [-0.15, -0.1) is 0 Å². The first kappa shape index (κ1) is 13.3. The van der Waals surface area contributed by atoms with Crippen LogP contribution in [0.25, 0.3) is 0 Å². The average Bonchev–Trinajstić information content (AvgIpc) is 3.16. The Hall–Kier alpha value is -1.39. The van der Waals surface area contributed by atoms with E-state index >= 15 is 0 Å². The van der Waals surface area contributed by atoms with Gasteiger partial charge in [-0.05, 0) is 31.4 Å². The van der Waals surface area contributed by atoms with Crippen LogP contribution in [0.2, 0.25) is 0 Å². The molecular weight excluding hydrogens is 264 g/mol. The lowest BCUT2D eigenvalue weighted by Gasteiger charge is -2.41. The van der Waals surface area contributed by atoms with E-state index < -0.39 is 0 Å². The number of fused-ring (bicyclic) bond motifs is 1. The molecule has 0 aliphatic carbocycles. The van der Waals surface area contributed by atoms with Crippen molar-refractivity contribution in [2.45, 2.75) is 43.8 Å². The fraction of sp³-hybridized carbons (Fsp3) is 0.588. The molecule has 0 spiro atoms. The number of likely N-dealkylation sites (tertiary alicyclic amines) is 1. The third kappa shape index (κ3) is 2.27. The SMILES string of the molecule is O=C1CC[C@H]2[C@H](CCN2[C@@H]2CCOC2)N1c1ccccc1. The van der Waals surface area contributed by atoms with Crippen LogP contribution in [0.4, 0.5) is 5.69 Å². The third-order valence-electron chi connectivity index (χ3n) is 5.22. The highest BCUT2D eigenvalue weighted by molar-refractivity contribution is 5.95. The van der Waals surface area contributed by atoms with Crippen LogP contribution < -0.4 is 4.90 Å². The molecule has 3 heterocycles. The van der Waals surface area contributed by atoms with E-state index in [0.717, 1.165) is 44.7 Å². The molecule has 1 amide bonds. The van der Waals surface area contributed by atoms with Gasteiger partial charge in [0, 0.05) is 37.3 Å². The second kappa shape index (κ2) is 5.43. The van der Waals surface area contributed by atoms with E-state index in [4.69, 9.17) is 4.74 Å². The first-order valence-electron chi connectivity index (χ1n) is 8.05. The molecule has 0 unspecified atom stereocenters. The Kier molecular flexibility index (Phi) is 3.43. The Balaban J connectivity index is 1.59. The second-order valence-electron chi connectivity index (χ2n) is 6.32. The van der Waals surface area contributed by atoms with Crippen LogP contribution in [0, 0.1) is 0 Å². The van der Waals surface area contributed by atoms with Crippen LogP contribution in [0.1, 0.15) is 25.7 Å². The number of carbonyl (C=O) groups is 1. The highest BCUT2D eigenvalue weighted by Gasteiger charge is 2.46. The van der Waals surface area contributed by atoms with Crippen molar-refractivity contribution in [2.75, 3.05) is 24.7 Å². The molecule has 3 atom stereocenters. The van der Waals surface area contributed by atoms with Crippen molar-refractivity contribution in [1.82, 2.24) is 4.90 Å². The zero-order valence-corrected chi connectivity index (χ0v) is 12.3. The molecule has 1 aromatic carbocycles. The molecule has 3 aliphatic heterocycles. The van der Waals surface area contributed by atoms with Gasteiger partial charge in [-0.25, -0.2) is 0 Å². The Morgan fingerprint density at radius 1 is 1.05 bits per heavy atom. The number of carbonyl (C=O) groups excluding carboxylic acids is 1. The lowest BCUT2D eigenvalue weighted by molar-refractivity contribution is -0.121. The summed E-state index contributed by atoms with van der Waals surface area (Å²) < 4.78 is 5.56. The van der Waals surface area contributed by atoms with Crippen LogP contribution in [0.5, 0.6) is 0 Å². The molecule has 21 heavy (non-hydrogen) atoms. The molecule has 0 N–H and O–H groups in total. The van der Waals surface area contributed by atoms with E-state index in [1.165, 1.54) is 0 Å². The van der Waals surface area contributed by atoms with Crippen molar-refractivity contribution in [3.05, 3.63) is 30.3 Å². The van der Waals surface area contributed by atoms with Gasteiger partial charge in [0.2, 0.25) is 5.91 Å². The summed E-state index contributed by atoms with van der Waals surface area (Å²) in [7, 11) is 0. The predicted molar refractivity (Wildman–Crippen MR) is 81.3 cm³/mol. The standard InChI is InChI=1S/C17H22N2O2/c20-17-7-6-15-16(19(17)13-4-2-1-3-5-13)8-10-18(15)14-9-11-21-12-14/h1-5,14-16H,6-12H2/t14-,15+,16+/m1/s1. The molecule has 0 saturated carbocycles. The monoisotopic (exact) mass is 286 g/mol. The van der Waals surface area contributed by atoms with Crippen molar-refractivity contribution < 1.29 is 9.53 Å². The molecule has 112 valence electrons. The summed E-state index contributed by atoms with van der Waals surface area (Å²) in [5.41, 5.74) is 1.06.